The lowest BCUT2D eigenvalue weighted by Crippen LogP contribution is -2.34. The van der Waals surface area contributed by atoms with Crippen LogP contribution in [0.1, 0.15) is 16.5 Å². The second-order valence-electron chi connectivity index (χ2n) is 6.07. The number of anilines is 1. The Hall–Kier alpha value is -2.55. The fraction of sp³-hybridized carbons (Fsp3) is 0.316. The van der Waals surface area contributed by atoms with Crippen LogP contribution in [0.4, 0.5) is 23.7 Å². The molecule has 1 saturated heterocycles. The SMILES string of the molecule is COc1cc(OC)cc([C@@H]2SCCN2C(=O)Nc2cccc(C(F)(F)F)c2)c1. The molecule has 9 heteroatoms. The Labute approximate surface area is 164 Å². The van der Waals surface area contributed by atoms with Crippen molar-refractivity contribution >= 4 is 23.5 Å². The molecule has 1 heterocycles. The van der Waals surface area contributed by atoms with Crippen LogP contribution >= 0.6 is 11.8 Å². The molecule has 1 aliphatic heterocycles. The Morgan fingerprint density at radius 2 is 1.82 bits per heavy atom. The van der Waals surface area contributed by atoms with E-state index in [0.717, 1.165) is 17.7 Å². The minimum absolute atomic E-state index is 0.0960. The van der Waals surface area contributed by atoms with Crippen molar-refractivity contribution in [2.75, 3.05) is 31.8 Å². The molecule has 150 valence electrons. The summed E-state index contributed by atoms with van der Waals surface area (Å²) >= 11 is 1.56. The van der Waals surface area contributed by atoms with E-state index in [0.29, 0.717) is 23.8 Å². The number of carbonyl (C=O) groups is 1. The molecule has 0 saturated carbocycles. The predicted molar refractivity (Wildman–Crippen MR) is 102 cm³/mol. The second kappa shape index (κ2) is 8.22. The fourth-order valence-corrected chi connectivity index (χ4v) is 4.13. The van der Waals surface area contributed by atoms with Crippen LogP contribution < -0.4 is 14.8 Å². The standard InChI is InChI=1S/C19H19F3N2O3S/c1-26-15-8-12(9-16(11-15)27-2)17-24(6-7-28-17)18(25)23-14-5-3-4-13(10-14)19(20,21)22/h3-5,8-11,17H,6-7H2,1-2H3,(H,23,25)/t17-/m0/s1. The van der Waals surface area contributed by atoms with Crippen molar-refractivity contribution in [1.82, 2.24) is 4.90 Å². The van der Waals surface area contributed by atoms with Gasteiger partial charge in [-0.15, -0.1) is 11.8 Å². The molecule has 1 aliphatic rings. The van der Waals surface area contributed by atoms with E-state index < -0.39 is 17.8 Å². The van der Waals surface area contributed by atoms with Gasteiger partial charge in [0.2, 0.25) is 0 Å². The van der Waals surface area contributed by atoms with Gasteiger partial charge in [-0.1, -0.05) is 6.07 Å². The van der Waals surface area contributed by atoms with Gasteiger partial charge in [0.15, 0.2) is 0 Å². The molecule has 2 amide bonds. The number of hydrogen-bond donors (Lipinski definition) is 1. The number of benzene rings is 2. The van der Waals surface area contributed by atoms with Gasteiger partial charge in [0.1, 0.15) is 16.9 Å². The first-order chi connectivity index (χ1) is 13.3. The summed E-state index contributed by atoms with van der Waals surface area (Å²) in [5, 5.41) is 2.27. The van der Waals surface area contributed by atoms with E-state index in [2.05, 4.69) is 5.32 Å². The number of methoxy groups -OCH3 is 2. The minimum Gasteiger partial charge on any atom is -0.497 e. The quantitative estimate of drug-likeness (QED) is 0.768. The van der Waals surface area contributed by atoms with Crippen molar-refractivity contribution in [2.24, 2.45) is 0 Å². The molecule has 0 unspecified atom stereocenters. The topological polar surface area (TPSA) is 50.8 Å². The van der Waals surface area contributed by atoms with Crippen molar-refractivity contribution < 1.29 is 27.4 Å². The average molecular weight is 412 g/mol. The van der Waals surface area contributed by atoms with E-state index in [1.807, 2.05) is 12.1 Å². The van der Waals surface area contributed by atoms with E-state index in [9.17, 15) is 18.0 Å². The van der Waals surface area contributed by atoms with E-state index in [4.69, 9.17) is 9.47 Å². The van der Waals surface area contributed by atoms with Crippen LogP contribution in [0, 0.1) is 0 Å². The molecular weight excluding hydrogens is 393 g/mol. The summed E-state index contributed by atoms with van der Waals surface area (Å²) in [5.41, 5.74) is 0.103. The summed E-state index contributed by atoms with van der Waals surface area (Å²) in [7, 11) is 3.08. The van der Waals surface area contributed by atoms with Crippen LogP contribution in [0.3, 0.4) is 0 Å². The van der Waals surface area contributed by atoms with Gasteiger partial charge in [-0.05, 0) is 35.9 Å². The summed E-state index contributed by atoms with van der Waals surface area (Å²) in [6.07, 6.45) is -4.47. The summed E-state index contributed by atoms with van der Waals surface area (Å²) in [4.78, 5) is 14.3. The first-order valence-electron chi connectivity index (χ1n) is 8.41. The molecule has 5 nitrogen and oxygen atoms in total. The predicted octanol–water partition coefficient (Wildman–Crippen LogP) is 5.00. The maximum atomic E-state index is 12.9. The van der Waals surface area contributed by atoms with Crippen molar-refractivity contribution in [2.45, 2.75) is 11.6 Å². The number of thioether (sulfide) groups is 1. The number of halogens is 3. The molecule has 28 heavy (non-hydrogen) atoms. The summed E-state index contributed by atoms with van der Waals surface area (Å²) < 4.78 is 49.2. The molecule has 3 rings (SSSR count). The molecule has 1 atom stereocenters. The highest BCUT2D eigenvalue weighted by molar-refractivity contribution is 7.99. The third-order valence-electron chi connectivity index (χ3n) is 4.25. The van der Waals surface area contributed by atoms with E-state index >= 15 is 0 Å². The lowest BCUT2D eigenvalue weighted by Gasteiger charge is -2.25. The largest absolute Gasteiger partial charge is 0.497 e. The zero-order valence-electron chi connectivity index (χ0n) is 15.2. The first kappa shape index (κ1) is 20.2. The van der Waals surface area contributed by atoms with Gasteiger partial charge in [-0.25, -0.2) is 4.79 Å². The number of alkyl halides is 3. The van der Waals surface area contributed by atoms with E-state index in [1.54, 1.807) is 36.9 Å². The van der Waals surface area contributed by atoms with Gasteiger partial charge >= 0.3 is 12.2 Å². The normalized spacial score (nSPS) is 16.8. The molecule has 0 radical (unpaired) electrons. The lowest BCUT2D eigenvalue weighted by atomic mass is 10.1. The van der Waals surface area contributed by atoms with Gasteiger partial charge in [-0.3, -0.25) is 0 Å². The fourth-order valence-electron chi connectivity index (χ4n) is 2.89. The molecular formula is C19H19F3N2O3S. The number of ether oxygens (including phenoxy) is 2. The number of hydrogen-bond acceptors (Lipinski definition) is 4. The zero-order valence-corrected chi connectivity index (χ0v) is 16.1. The molecule has 2 aromatic carbocycles. The molecule has 0 aromatic heterocycles. The summed E-state index contributed by atoms with van der Waals surface area (Å²) in [6.45, 7) is 0.472. The molecule has 1 N–H and O–H groups in total. The monoisotopic (exact) mass is 412 g/mol. The van der Waals surface area contributed by atoms with Crippen LogP contribution in [-0.4, -0.2) is 37.4 Å². The van der Waals surface area contributed by atoms with Gasteiger partial charge < -0.3 is 19.7 Å². The minimum atomic E-state index is -4.47. The lowest BCUT2D eigenvalue weighted by molar-refractivity contribution is -0.137. The molecule has 0 aliphatic carbocycles. The van der Waals surface area contributed by atoms with Gasteiger partial charge in [0, 0.05) is 24.1 Å². The number of amides is 2. The number of urea groups is 1. The van der Waals surface area contributed by atoms with Crippen molar-refractivity contribution in [3.05, 3.63) is 53.6 Å². The number of nitrogens with one attached hydrogen (secondary N) is 1. The highest BCUT2D eigenvalue weighted by atomic mass is 32.2. The second-order valence-corrected chi connectivity index (χ2v) is 7.26. The van der Waals surface area contributed by atoms with Gasteiger partial charge in [0.25, 0.3) is 0 Å². The van der Waals surface area contributed by atoms with E-state index in [1.165, 1.54) is 12.1 Å². The maximum absolute atomic E-state index is 12.9. The van der Waals surface area contributed by atoms with Crippen molar-refractivity contribution in [3.8, 4) is 11.5 Å². The molecule has 1 fully saturated rings. The molecule has 2 aromatic rings. The van der Waals surface area contributed by atoms with Crippen LogP contribution in [0.5, 0.6) is 11.5 Å². The highest BCUT2D eigenvalue weighted by Gasteiger charge is 2.33. The summed E-state index contributed by atoms with van der Waals surface area (Å²) in [5.74, 6) is 1.90. The van der Waals surface area contributed by atoms with Crippen LogP contribution in [0.25, 0.3) is 0 Å². The Morgan fingerprint density at radius 1 is 1.14 bits per heavy atom. The number of rotatable bonds is 4. The zero-order chi connectivity index (χ0) is 20.3. The first-order valence-corrected chi connectivity index (χ1v) is 9.46. The smallest absolute Gasteiger partial charge is 0.416 e. The molecule has 0 spiro atoms. The number of carbonyl (C=O) groups excluding carboxylic acids is 1. The van der Waals surface area contributed by atoms with E-state index in [-0.39, 0.29) is 11.1 Å². The van der Waals surface area contributed by atoms with Gasteiger partial charge in [-0.2, -0.15) is 13.2 Å². The maximum Gasteiger partial charge on any atom is 0.416 e. The Bertz CT molecular complexity index is 838. The Balaban J connectivity index is 1.81. The van der Waals surface area contributed by atoms with Crippen LogP contribution in [-0.2, 0) is 6.18 Å². The third kappa shape index (κ3) is 4.46. The highest BCUT2D eigenvalue weighted by Crippen LogP contribution is 2.41. The third-order valence-corrected chi connectivity index (χ3v) is 5.51. The summed E-state index contributed by atoms with van der Waals surface area (Å²) in [6, 6.07) is 9.48. The molecule has 0 bridgehead atoms. The number of nitrogens with zero attached hydrogens (tertiary/aromatic N) is 1. The van der Waals surface area contributed by atoms with Crippen molar-refractivity contribution in [3.63, 3.8) is 0 Å². The Kier molecular flexibility index (Phi) is 5.93. The van der Waals surface area contributed by atoms with Crippen molar-refractivity contribution in [1.29, 1.82) is 0 Å². The van der Waals surface area contributed by atoms with Crippen LogP contribution in [0.2, 0.25) is 0 Å². The van der Waals surface area contributed by atoms with Crippen LogP contribution in [0.15, 0.2) is 42.5 Å². The average Bonchev–Trinajstić information content (AvgIpc) is 3.17. The Morgan fingerprint density at radius 3 is 2.43 bits per heavy atom. The van der Waals surface area contributed by atoms with Gasteiger partial charge in [0.05, 0.1) is 19.8 Å².